The molecule has 136 valence electrons. The molecular formula is C19H25NO5. The zero-order valence-electron chi connectivity index (χ0n) is 14.8. The highest BCUT2D eigenvalue weighted by molar-refractivity contribution is 5.81. The molecule has 6 nitrogen and oxygen atoms in total. The second-order valence-electron chi connectivity index (χ2n) is 7.01. The molecule has 0 bridgehead atoms. The molecule has 1 aliphatic carbocycles. The van der Waals surface area contributed by atoms with E-state index in [1.807, 2.05) is 18.2 Å². The maximum absolute atomic E-state index is 12.6. The van der Waals surface area contributed by atoms with Crippen LogP contribution in [0.25, 0.3) is 0 Å². The molecule has 0 spiro atoms. The Balaban J connectivity index is 1.61. The lowest BCUT2D eigenvalue weighted by Gasteiger charge is -2.23. The molecule has 0 radical (unpaired) electrons. The van der Waals surface area contributed by atoms with E-state index >= 15 is 0 Å². The van der Waals surface area contributed by atoms with Crippen LogP contribution >= 0.6 is 0 Å². The van der Waals surface area contributed by atoms with Crippen LogP contribution in [0.15, 0.2) is 18.2 Å². The third-order valence-electron chi connectivity index (χ3n) is 5.72. The van der Waals surface area contributed by atoms with Crippen molar-refractivity contribution in [3.8, 4) is 11.5 Å². The van der Waals surface area contributed by atoms with Crippen molar-refractivity contribution >= 4 is 11.9 Å². The molecule has 1 N–H and O–H groups in total. The highest BCUT2D eigenvalue weighted by Gasteiger charge is 2.55. The number of carbonyl (C=O) groups excluding carboxylic acids is 1. The summed E-state index contributed by atoms with van der Waals surface area (Å²) in [6, 6.07) is 5.63. The number of carboxylic acids is 1. The molecule has 25 heavy (non-hydrogen) atoms. The van der Waals surface area contributed by atoms with Crippen molar-refractivity contribution < 1.29 is 24.2 Å². The summed E-state index contributed by atoms with van der Waals surface area (Å²) < 4.78 is 10.5. The van der Waals surface area contributed by atoms with Gasteiger partial charge < -0.3 is 19.5 Å². The monoisotopic (exact) mass is 347 g/mol. The number of methoxy groups -OCH3 is 2. The SMILES string of the molecule is COc1ccc(CCC(=O)N2C[C@@H]3CCC[C@@]3(C(=O)O)C2)cc1OC. The van der Waals surface area contributed by atoms with Gasteiger partial charge in [-0.3, -0.25) is 9.59 Å². The molecule has 1 saturated heterocycles. The normalized spacial score (nSPS) is 24.9. The lowest BCUT2D eigenvalue weighted by Crippen LogP contribution is -2.37. The van der Waals surface area contributed by atoms with E-state index in [2.05, 4.69) is 0 Å². The Bertz CT molecular complexity index is 674. The van der Waals surface area contributed by atoms with E-state index in [1.165, 1.54) is 0 Å². The van der Waals surface area contributed by atoms with E-state index in [0.717, 1.165) is 18.4 Å². The van der Waals surface area contributed by atoms with E-state index in [1.54, 1.807) is 19.1 Å². The first kappa shape index (κ1) is 17.6. The number of benzene rings is 1. The van der Waals surface area contributed by atoms with Gasteiger partial charge in [-0.2, -0.15) is 0 Å². The van der Waals surface area contributed by atoms with Gasteiger partial charge in [-0.25, -0.2) is 0 Å². The van der Waals surface area contributed by atoms with Gasteiger partial charge in [0.15, 0.2) is 11.5 Å². The van der Waals surface area contributed by atoms with Crippen LogP contribution in [0.1, 0.15) is 31.2 Å². The molecule has 6 heteroatoms. The van der Waals surface area contributed by atoms with Gasteiger partial charge in [0.05, 0.1) is 19.6 Å². The summed E-state index contributed by atoms with van der Waals surface area (Å²) in [5.74, 6) is 0.700. The van der Waals surface area contributed by atoms with E-state index in [9.17, 15) is 14.7 Å². The van der Waals surface area contributed by atoms with Gasteiger partial charge in [0, 0.05) is 19.5 Å². The van der Waals surface area contributed by atoms with E-state index in [4.69, 9.17) is 9.47 Å². The predicted octanol–water partition coefficient (Wildman–Crippen LogP) is 2.35. The number of nitrogens with zero attached hydrogens (tertiary/aromatic N) is 1. The van der Waals surface area contributed by atoms with E-state index < -0.39 is 11.4 Å². The van der Waals surface area contributed by atoms with Crippen LogP contribution in [0.4, 0.5) is 0 Å². The standard InChI is InChI=1S/C19H25NO5/c1-24-15-7-5-13(10-16(15)25-2)6-8-17(21)20-11-14-4-3-9-19(14,12-20)18(22)23/h5,7,10,14H,3-4,6,8-9,11-12H2,1-2H3,(H,22,23)/t14-,19+/m0/s1. The van der Waals surface area contributed by atoms with Crippen LogP contribution < -0.4 is 9.47 Å². The average molecular weight is 347 g/mol. The molecule has 2 atom stereocenters. The van der Waals surface area contributed by atoms with Crippen LogP contribution in [0.3, 0.4) is 0 Å². The molecular weight excluding hydrogens is 322 g/mol. The fourth-order valence-electron chi connectivity index (χ4n) is 4.27. The molecule has 2 fully saturated rings. The van der Waals surface area contributed by atoms with Crippen molar-refractivity contribution in [1.29, 1.82) is 0 Å². The molecule has 1 aromatic carbocycles. The number of hydrogen-bond donors (Lipinski definition) is 1. The zero-order valence-corrected chi connectivity index (χ0v) is 14.8. The van der Waals surface area contributed by atoms with Gasteiger partial charge in [0.1, 0.15) is 0 Å². The van der Waals surface area contributed by atoms with Gasteiger partial charge in [-0.15, -0.1) is 0 Å². The summed E-state index contributed by atoms with van der Waals surface area (Å²) in [5.41, 5.74) is 0.289. The van der Waals surface area contributed by atoms with Crippen LogP contribution in [0.5, 0.6) is 11.5 Å². The lowest BCUT2D eigenvalue weighted by atomic mass is 9.81. The highest BCUT2D eigenvalue weighted by Crippen LogP contribution is 2.49. The average Bonchev–Trinajstić information content (AvgIpc) is 3.17. The van der Waals surface area contributed by atoms with Crippen LogP contribution in [0.2, 0.25) is 0 Å². The quantitative estimate of drug-likeness (QED) is 0.855. The summed E-state index contributed by atoms with van der Waals surface area (Å²) in [6.07, 6.45) is 3.52. The number of hydrogen-bond acceptors (Lipinski definition) is 4. The van der Waals surface area contributed by atoms with Crippen molar-refractivity contribution in [2.24, 2.45) is 11.3 Å². The van der Waals surface area contributed by atoms with Crippen LogP contribution in [-0.4, -0.2) is 49.2 Å². The Morgan fingerprint density at radius 1 is 1.28 bits per heavy atom. The smallest absolute Gasteiger partial charge is 0.311 e. The van der Waals surface area contributed by atoms with Crippen molar-refractivity contribution in [2.45, 2.75) is 32.1 Å². The van der Waals surface area contributed by atoms with Crippen LogP contribution in [0, 0.1) is 11.3 Å². The topological polar surface area (TPSA) is 76.1 Å². The number of carbonyl (C=O) groups is 2. The van der Waals surface area contributed by atoms with Crippen molar-refractivity contribution in [3.63, 3.8) is 0 Å². The highest BCUT2D eigenvalue weighted by atomic mass is 16.5. The summed E-state index contributed by atoms with van der Waals surface area (Å²) in [4.78, 5) is 26.0. The number of amides is 1. The number of ether oxygens (including phenoxy) is 2. The van der Waals surface area contributed by atoms with Gasteiger partial charge in [-0.05, 0) is 42.9 Å². The third kappa shape index (κ3) is 3.17. The second-order valence-corrected chi connectivity index (χ2v) is 7.01. The van der Waals surface area contributed by atoms with Gasteiger partial charge >= 0.3 is 5.97 Å². The number of rotatable bonds is 6. The van der Waals surface area contributed by atoms with Crippen molar-refractivity contribution in [2.75, 3.05) is 27.3 Å². The molecule has 3 rings (SSSR count). The Kier molecular flexibility index (Phi) is 4.88. The maximum Gasteiger partial charge on any atom is 0.311 e. The molecule has 1 aromatic rings. The van der Waals surface area contributed by atoms with Crippen molar-refractivity contribution in [1.82, 2.24) is 4.90 Å². The summed E-state index contributed by atoms with van der Waals surface area (Å²) >= 11 is 0. The minimum absolute atomic E-state index is 0.0322. The first-order valence-electron chi connectivity index (χ1n) is 8.72. The molecule has 1 amide bonds. The lowest BCUT2D eigenvalue weighted by molar-refractivity contribution is -0.149. The fraction of sp³-hybridized carbons (Fsp3) is 0.579. The number of aliphatic carboxylic acids is 1. The second kappa shape index (κ2) is 6.94. The minimum Gasteiger partial charge on any atom is -0.493 e. The summed E-state index contributed by atoms with van der Waals surface area (Å²) in [7, 11) is 3.17. The summed E-state index contributed by atoms with van der Waals surface area (Å²) in [6.45, 7) is 0.939. The Morgan fingerprint density at radius 3 is 2.68 bits per heavy atom. The van der Waals surface area contributed by atoms with Gasteiger partial charge in [-0.1, -0.05) is 12.5 Å². The number of fused-ring (bicyclic) bond motifs is 1. The van der Waals surface area contributed by atoms with Gasteiger partial charge in [0.2, 0.25) is 5.91 Å². The van der Waals surface area contributed by atoms with E-state index in [0.29, 0.717) is 43.9 Å². The number of aryl methyl sites for hydroxylation is 1. The fourth-order valence-corrected chi connectivity index (χ4v) is 4.27. The largest absolute Gasteiger partial charge is 0.493 e. The number of likely N-dealkylation sites (tertiary alicyclic amines) is 1. The molecule has 0 aromatic heterocycles. The first-order valence-corrected chi connectivity index (χ1v) is 8.72. The zero-order chi connectivity index (χ0) is 18.0. The first-order chi connectivity index (χ1) is 12.0. The Morgan fingerprint density at radius 2 is 2.04 bits per heavy atom. The summed E-state index contributed by atoms with van der Waals surface area (Å²) in [5, 5.41) is 9.62. The molecule has 1 saturated carbocycles. The predicted molar refractivity (Wildman–Crippen MR) is 91.9 cm³/mol. The van der Waals surface area contributed by atoms with Gasteiger partial charge in [0.25, 0.3) is 0 Å². The van der Waals surface area contributed by atoms with Crippen molar-refractivity contribution in [3.05, 3.63) is 23.8 Å². The Labute approximate surface area is 147 Å². The van der Waals surface area contributed by atoms with E-state index in [-0.39, 0.29) is 11.8 Å². The molecule has 2 aliphatic rings. The number of carboxylic acid groups (broad SMARTS) is 1. The molecule has 0 unspecified atom stereocenters. The van der Waals surface area contributed by atoms with Crippen LogP contribution in [-0.2, 0) is 16.0 Å². The Hall–Kier alpha value is -2.24. The minimum atomic E-state index is -0.745. The molecule has 1 aliphatic heterocycles. The third-order valence-corrected chi connectivity index (χ3v) is 5.72. The maximum atomic E-state index is 12.6. The molecule has 1 heterocycles.